The zero-order valence-electron chi connectivity index (χ0n) is 16.8. The Morgan fingerprint density at radius 1 is 1.29 bits per heavy atom. The SMILES string of the molecule is CCC12C=CCN3CC[C@@]4(c5ccc(OC)cc5N(C)[C@H]4C(O)(CO)[C@@H]1O)[C@@H]32. The van der Waals surface area contributed by atoms with Gasteiger partial charge in [-0.3, -0.25) is 4.90 Å². The molecular weight excluding hydrogens is 356 g/mol. The van der Waals surface area contributed by atoms with E-state index in [1.807, 2.05) is 19.2 Å². The van der Waals surface area contributed by atoms with Crippen molar-refractivity contribution in [1.29, 1.82) is 0 Å². The van der Waals surface area contributed by atoms with Crippen LogP contribution in [-0.4, -0.2) is 77.9 Å². The zero-order valence-corrected chi connectivity index (χ0v) is 16.8. The molecule has 0 bridgehead atoms. The Hall–Kier alpha value is -1.60. The van der Waals surface area contributed by atoms with Crippen LogP contribution in [0.15, 0.2) is 30.4 Å². The van der Waals surface area contributed by atoms with Crippen LogP contribution >= 0.6 is 0 Å². The van der Waals surface area contributed by atoms with Crippen LogP contribution in [0.3, 0.4) is 0 Å². The molecular formula is C22H30N2O4. The molecule has 28 heavy (non-hydrogen) atoms. The van der Waals surface area contributed by atoms with E-state index >= 15 is 0 Å². The summed E-state index contributed by atoms with van der Waals surface area (Å²) >= 11 is 0. The van der Waals surface area contributed by atoms with E-state index < -0.39 is 29.8 Å². The van der Waals surface area contributed by atoms with Crippen molar-refractivity contribution >= 4 is 5.69 Å². The monoisotopic (exact) mass is 386 g/mol. The van der Waals surface area contributed by atoms with E-state index in [0.717, 1.165) is 30.9 Å². The molecule has 2 unspecified atom stereocenters. The van der Waals surface area contributed by atoms with Gasteiger partial charge in [0.05, 0.1) is 25.9 Å². The van der Waals surface area contributed by atoms with Crippen molar-refractivity contribution in [2.45, 2.75) is 49.0 Å². The predicted octanol–water partition coefficient (Wildman–Crippen LogP) is 0.890. The third kappa shape index (κ3) is 1.79. The van der Waals surface area contributed by atoms with Crippen LogP contribution in [0.2, 0.25) is 0 Å². The van der Waals surface area contributed by atoms with Gasteiger partial charge in [0.15, 0.2) is 0 Å². The first-order valence-corrected chi connectivity index (χ1v) is 10.2. The summed E-state index contributed by atoms with van der Waals surface area (Å²) in [5.74, 6) is 0.772. The second kappa shape index (κ2) is 5.72. The van der Waals surface area contributed by atoms with Crippen LogP contribution in [0.4, 0.5) is 5.69 Å². The Morgan fingerprint density at radius 2 is 2.07 bits per heavy atom. The number of aliphatic hydroxyl groups excluding tert-OH is 2. The number of ether oxygens (including phenoxy) is 1. The fourth-order valence-electron chi connectivity index (χ4n) is 7.27. The van der Waals surface area contributed by atoms with Gasteiger partial charge in [0.1, 0.15) is 11.4 Å². The molecule has 2 fully saturated rings. The Balaban J connectivity index is 1.83. The average Bonchev–Trinajstić information content (AvgIpc) is 3.23. The van der Waals surface area contributed by atoms with Gasteiger partial charge in [0.25, 0.3) is 0 Å². The Labute approximate surface area is 166 Å². The van der Waals surface area contributed by atoms with Crippen molar-refractivity contribution < 1.29 is 20.1 Å². The number of benzene rings is 1. The van der Waals surface area contributed by atoms with Gasteiger partial charge in [0.2, 0.25) is 0 Å². The fraction of sp³-hybridized carbons (Fsp3) is 0.636. The summed E-state index contributed by atoms with van der Waals surface area (Å²) in [5, 5.41) is 33.7. The number of nitrogens with zero attached hydrogens (tertiary/aromatic N) is 2. The van der Waals surface area contributed by atoms with Gasteiger partial charge >= 0.3 is 0 Å². The van der Waals surface area contributed by atoms with E-state index in [2.05, 4.69) is 34.9 Å². The molecule has 4 aliphatic rings. The topological polar surface area (TPSA) is 76.4 Å². The molecule has 0 aromatic heterocycles. The summed E-state index contributed by atoms with van der Waals surface area (Å²) in [6, 6.07) is 5.81. The molecule has 1 aliphatic carbocycles. The standard InChI is InChI=1S/C22H30N2O4/c1-4-20-8-5-10-24-11-9-21(17(20)24)15-7-6-14(28-3)12-16(15)23(2)18(21)22(27,13-25)19(20)26/h5-8,12,17-19,25-27H,4,9-11,13H2,1-3H3/t17-,18+,19+,20?,21+,22?/m0/s1. The minimum Gasteiger partial charge on any atom is -0.497 e. The molecule has 3 aliphatic heterocycles. The van der Waals surface area contributed by atoms with E-state index in [4.69, 9.17) is 4.74 Å². The molecule has 1 saturated carbocycles. The summed E-state index contributed by atoms with van der Waals surface area (Å²) in [4.78, 5) is 4.53. The van der Waals surface area contributed by atoms with E-state index in [1.165, 1.54) is 5.56 Å². The third-order valence-corrected chi connectivity index (χ3v) is 8.23. The van der Waals surface area contributed by atoms with Crippen LogP contribution in [0.25, 0.3) is 0 Å². The maximum absolute atomic E-state index is 11.8. The molecule has 5 rings (SSSR count). The van der Waals surface area contributed by atoms with Crippen LogP contribution < -0.4 is 9.64 Å². The second-order valence-electron chi connectivity index (χ2n) is 9.00. The molecule has 6 heteroatoms. The highest BCUT2D eigenvalue weighted by molar-refractivity contribution is 5.70. The summed E-state index contributed by atoms with van der Waals surface area (Å²) in [7, 11) is 3.62. The Bertz CT molecular complexity index is 844. The van der Waals surface area contributed by atoms with Gasteiger partial charge < -0.3 is 25.0 Å². The second-order valence-corrected chi connectivity index (χ2v) is 9.00. The largest absolute Gasteiger partial charge is 0.497 e. The molecule has 1 saturated heterocycles. The lowest BCUT2D eigenvalue weighted by Gasteiger charge is -2.63. The van der Waals surface area contributed by atoms with Crippen molar-refractivity contribution in [1.82, 2.24) is 4.90 Å². The van der Waals surface area contributed by atoms with Crippen molar-refractivity contribution in [3.05, 3.63) is 35.9 Å². The normalized spacial score (nSPS) is 43.6. The van der Waals surface area contributed by atoms with E-state index in [-0.39, 0.29) is 11.5 Å². The highest BCUT2D eigenvalue weighted by Crippen LogP contribution is 2.66. The van der Waals surface area contributed by atoms with Gasteiger partial charge in [-0.05, 0) is 31.0 Å². The van der Waals surface area contributed by atoms with E-state index in [1.54, 1.807) is 7.11 Å². The number of anilines is 1. The van der Waals surface area contributed by atoms with E-state index in [0.29, 0.717) is 6.42 Å². The number of rotatable bonds is 3. The van der Waals surface area contributed by atoms with Crippen LogP contribution in [0, 0.1) is 5.41 Å². The van der Waals surface area contributed by atoms with Crippen molar-refractivity contribution in [2.75, 3.05) is 38.8 Å². The highest BCUT2D eigenvalue weighted by atomic mass is 16.5. The zero-order chi connectivity index (χ0) is 19.9. The highest BCUT2D eigenvalue weighted by Gasteiger charge is 2.76. The summed E-state index contributed by atoms with van der Waals surface area (Å²) in [5.41, 5.74) is -0.351. The summed E-state index contributed by atoms with van der Waals surface area (Å²) in [6.45, 7) is 3.38. The van der Waals surface area contributed by atoms with Gasteiger partial charge in [-0.2, -0.15) is 0 Å². The van der Waals surface area contributed by atoms with Crippen LogP contribution in [-0.2, 0) is 5.41 Å². The third-order valence-electron chi connectivity index (χ3n) is 8.23. The molecule has 1 aromatic carbocycles. The molecule has 3 heterocycles. The van der Waals surface area contributed by atoms with Gasteiger partial charge in [0, 0.05) is 42.2 Å². The average molecular weight is 386 g/mol. The van der Waals surface area contributed by atoms with Crippen molar-refractivity contribution in [2.24, 2.45) is 5.41 Å². The maximum atomic E-state index is 11.8. The summed E-state index contributed by atoms with van der Waals surface area (Å²) < 4.78 is 5.46. The Morgan fingerprint density at radius 3 is 2.75 bits per heavy atom. The minimum atomic E-state index is -1.62. The lowest BCUT2D eigenvalue weighted by atomic mass is 9.48. The molecule has 0 radical (unpaired) electrons. The number of methoxy groups -OCH3 is 1. The quantitative estimate of drug-likeness (QED) is 0.670. The molecule has 3 N–H and O–H groups in total. The predicted molar refractivity (Wildman–Crippen MR) is 107 cm³/mol. The smallest absolute Gasteiger partial charge is 0.135 e. The van der Waals surface area contributed by atoms with Crippen molar-refractivity contribution in [3.8, 4) is 5.75 Å². The first-order chi connectivity index (χ1) is 13.4. The van der Waals surface area contributed by atoms with Crippen molar-refractivity contribution in [3.63, 3.8) is 0 Å². The first kappa shape index (κ1) is 18.4. The lowest BCUT2D eigenvalue weighted by molar-refractivity contribution is -0.213. The molecule has 152 valence electrons. The van der Waals surface area contributed by atoms with Crippen LogP contribution in [0.5, 0.6) is 5.75 Å². The summed E-state index contributed by atoms with van der Waals surface area (Å²) in [6.07, 6.45) is 4.79. The molecule has 0 amide bonds. The van der Waals surface area contributed by atoms with Gasteiger partial charge in [-0.25, -0.2) is 0 Å². The Kier molecular flexibility index (Phi) is 3.77. The van der Waals surface area contributed by atoms with Gasteiger partial charge in [-0.1, -0.05) is 25.1 Å². The van der Waals surface area contributed by atoms with Gasteiger partial charge in [-0.15, -0.1) is 0 Å². The number of likely N-dealkylation sites (N-methyl/N-ethyl adjacent to an activating group) is 1. The maximum Gasteiger partial charge on any atom is 0.135 e. The van der Waals surface area contributed by atoms with Crippen LogP contribution in [0.1, 0.15) is 25.3 Å². The molecule has 1 aromatic rings. The van der Waals surface area contributed by atoms with E-state index in [9.17, 15) is 15.3 Å². The number of fused-ring (bicyclic) bond motifs is 1. The molecule has 6 nitrogen and oxygen atoms in total. The first-order valence-electron chi connectivity index (χ1n) is 10.2. The number of hydrogen-bond donors (Lipinski definition) is 3. The lowest BCUT2D eigenvalue weighted by Crippen LogP contribution is -2.79. The number of aliphatic hydroxyl groups is 3. The fourth-order valence-corrected chi connectivity index (χ4v) is 7.27. The number of hydrogen-bond acceptors (Lipinski definition) is 6. The minimum absolute atomic E-state index is 0.0823. The molecule has 1 spiro atoms. The molecule has 6 atom stereocenters.